The summed E-state index contributed by atoms with van der Waals surface area (Å²) in [6.45, 7) is 11.8. The minimum Gasteiger partial charge on any atom is -0.379 e. The van der Waals surface area contributed by atoms with Gasteiger partial charge in [-0.3, -0.25) is 4.98 Å². The van der Waals surface area contributed by atoms with Crippen molar-refractivity contribution in [2.45, 2.75) is 38.6 Å². The average Bonchev–Trinajstić information content (AvgIpc) is 3.14. The number of halogens is 2. The lowest BCUT2D eigenvalue weighted by molar-refractivity contribution is 0.381. The average molecular weight is 484 g/mol. The highest BCUT2D eigenvalue weighted by molar-refractivity contribution is 7.90. The molecule has 0 aliphatic heterocycles. The fourth-order valence-corrected chi connectivity index (χ4v) is 4.69. The van der Waals surface area contributed by atoms with Crippen LogP contribution in [0.3, 0.4) is 0 Å². The van der Waals surface area contributed by atoms with Gasteiger partial charge in [-0.05, 0) is 43.5 Å². The summed E-state index contributed by atoms with van der Waals surface area (Å²) in [5.41, 5.74) is 1.43. The molecule has 0 fully saturated rings. The van der Waals surface area contributed by atoms with Gasteiger partial charge in [0, 0.05) is 23.2 Å². The predicted octanol–water partition coefficient (Wildman–Crippen LogP) is 5.58. The summed E-state index contributed by atoms with van der Waals surface area (Å²) in [5.74, 6) is -1.22. The number of hydrogen-bond donors (Lipinski definition) is 1. The van der Waals surface area contributed by atoms with Crippen LogP contribution in [0.25, 0.3) is 22.3 Å². The molecule has 0 aliphatic carbocycles. The minimum absolute atomic E-state index is 0.0438. The van der Waals surface area contributed by atoms with E-state index >= 15 is 0 Å². The van der Waals surface area contributed by atoms with Crippen molar-refractivity contribution in [3.05, 3.63) is 79.1 Å². The van der Waals surface area contributed by atoms with E-state index in [0.29, 0.717) is 5.56 Å². The zero-order valence-corrected chi connectivity index (χ0v) is 20.1. The van der Waals surface area contributed by atoms with Crippen LogP contribution < -0.4 is 5.32 Å². The minimum atomic E-state index is -4.03. The van der Waals surface area contributed by atoms with Crippen molar-refractivity contribution in [1.82, 2.24) is 13.9 Å². The third-order valence-corrected chi connectivity index (χ3v) is 7.33. The quantitative estimate of drug-likeness (QED) is 0.401. The smallest absolute Gasteiger partial charge is 0.269 e. The molecule has 0 saturated carbocycles. The van der Waals surface area contributed by atoms with E-state index < -0.39 is 21.7 Å². The number of anilines is 1. The van der Waals surface area contributed by atoms with Crippen LogP contribution in [0.4, 0.5) is 14.5 Å². The molecule has 0 bridgehead atoms. The molecule has 3 aromatic heterocycles. The van der Waals surface area contributed by atoms with E-state index in [-0.39, 0.29) is 38.8 Å². The number of rotatable bonds is 5. The highest BCUT2D eigenvalue weighted by Crippen LogP contribution is 2.34. The number of aromatic nitrogens is 3. The van der Waals surface area contributed by atoms with Gasteiger partial charge in [0.25, 0.3) is 10.0 Å². The van der Waals surface area contributed by atoms with Gasteiger partial charge in [0.1, 0.15) is 5.82 Å². The molecule has 34 heavy (non-hydrogen) atoms. The van der Waals surface area contributed by atoms with Crippen LogP contribution in [0.2, 0.25) is 0 Å². The van der Waals surface area contributed by atoms with Crippen molar-refractivity contribution in [2.75, 3.05) is 5.32 Å². The van der Waals surface area contributed by atoms with Gasteiger partial charge in [-0.2, -0.15) is 0 Å². The second kappa shape index (κ2) is 8.47. The summed E-state index contributed by atoms with van der Waals surface area (Å²) in [6, 6.07) is 8.71. The van der Waals surface area contributed by atoms with Crippen molar-refractivity contribution >= 4 is 26.7 Å². The predicted molar refractivity (Wildman–Crippen MR) is 129 cm³/mol. The molecule has 3 heterocycles. The molecule has 0 saturated heterocycles. The number of benzene rings is 1. The molecule has 6 nitrogen and oxygen atoms in total. The molecule has 0 unspecified atom stereocenters. The lowest BCUT2D eigenvalue weighted by Gasteiger charge is -2.29. The van der Waals surface area contributed by atoms with Crippen molar-refractivity contribution in [3.8, 4) is 11.3 Å². The maximum absolute atomic E-state index is 14.5. The number of aryl methyl sites for hydroxylation is 1. The van der Waals surface area contributed by atoms with Crippen LogP contribution in [0, 0.1) is 30.9 Å². The van der Waals surface area contributed by atoms with Gasteiger partial charge in [0.05, 0.1) is 28.7 Å². The number of fused-ring (bicyclic) bond motifs is 1. The van der Waals surface area contributed by atoms with Crippen LogP contribution >= 0.6 is 0 Å². The molecule has 0 amide bonds. The molecular formula is C25H25F2N4O2S. The summed E-state index contributed by atoms with van der Waals surface area (Å²) in [4.78, 5) is 8.24. The molecule has 9 heteroatoms. The van der Waals surface area contributed by atoms with Crippen molar-refractivity contribution in [2.24, 2.45) is 5.41 Å². The molecular weight excluding hydrogens is 458 g/mol. The third-order valence-electron chi connectivity index (χ3n) is 5.66. The second-order valence-electron chi connectivity index (χ2n) is 9.29. The highest BCUT2D eigenvalue weighted by Gasteiger charge is 2.25. The number of pyridine rings is 2. The Morgan fingerprint density at radius 2 is 1.74 bits per heavy atom. The molecule has 0 aliphatic rings. The largest absolute Gasteiger partial charge is 0.379 e. The van der Waals surface area contributed by atoms with Crippen LogP contribution in [0.1, 0.15) is 26.3 Å². The SMILES string of the molecule is [CH2][C@H](Nc1cc(-c2cn(S(=O)(=O)c3ccc(C)cc3)c3ncc(F)cc23)ncc1F)C(C)(C)C. The highest BCUT2D eigenvalue weighted by atomic mass is 32.2. The van der Waals surface area contributed by atoms with Gasteiger partial charge in [-0.25, -0.2) is 26.2 Å². The first kappa shape index (κ1) is 23.8. The summed E-state index contributed by atoms with van der Waals surface area (Å²) in [5, 5.41) is 3.29. The van der Waals surface area contributed by atoms with Crippen LogP contribution in [-0.4, -0.2) is 28.4 Å². The molecule has 4 aromatic rings. The number of nitrogens with zero attached hydrogens (tertiary/aromatic N) is 3. The standard InChI is InChI=1S/C25H25F2N4O2S/c1-15-6-8-18(9-7-15)34(32,33)31-14-20(19-10-17(26)12-29-24(19)31)22-11-23(21(27)13-28-22)30-16(2)25(3,4)5/h6-14,16H,2H2,1,3-5H3,(H,28,30)/t16-/m0/s1. The lowest BCUT2D eigenvalue weighted by atomic mass is 9.88. The topological polar surface area (TPSA) is 76.9 Å². The van der Waals surface area contributed by atoms with Crippen molar-refractivity contribution in [1.29, 1.82) is 0 Å². The fraction of sp³-hybridized carbons (Fsp3) is 0.240. The van der Waals surface area contributed by atoms with E-state index in [9.17, 15) is 17.2 Å². The normalized spacial score (nSPS) is 13.3. The van der Waals surface area contributed by atoms with E-state index in [1.54, 1.807) is 12.1 Å². The van der Waals surface area contributed by atoms with Crippen molar-refractivity contribution < 1.29 is 17.2 Å². The van der Waals surface area contributed by atoms with Crippen LogP contribution in [0.5, 0.6) is 0 Å². The Kier molecular flexibility index (Phi) is 5.93. The van der Waals surface area contributed by atoms with Crippen molar-refractivity contribution in [3.63, 3.8) is 0 Å². The monoisotopic (exact) mass is 483 g/mol. The third kappa shape index (κ3) is 4.40. The summed E-state index contributed by atoms with van der Waals surface area (Å²) < 4.78 is 56.5. The van der Waals surface area contributed by atoms with Gasteiger partial charge in [-0.1, -0.05) is 38.5 Å². The van der Waals surface area contributed by atoms with Crippen LogP contribution in [-0.2, 0) is 10.0 Å². The first-order valence-corrected chi connectivity index (χ1v) is 12.1. The Bertz CT molecular complexity index is 1470. The van der Waals surface area contributed by atoms with Gasteiger partial charge < -0.3 is 5.32 Å². The van der Waals surface area contributed by atoms with Crippen LogP contribution in [0.15, 0.2) is 59.9 Å². The molecule has 4 rings (SSSR count). The van der Waals surface area contributed by atoms with Gasteiger partial charge in [0.2, 0.25) is 0 Å². The Hall–Kier alpha value is -3.33. The zero-order chi connectivity index (χ0) is 24.8. The summed E-state index contributed by atoms with van der Waals surface area (Å²) in [7, 11) is -4.03. The summed E-state index contributed by atoms with van der Waals surface area (Å²) >= 11 is 0. The number of nitrogens with one attached hydrogen (secondary N) is 1. The number of hydrogen-bond acceptors (Lipinski definition) is 5. The second-order valence-corrected chi connectivity index (χ2v) is 11.1. The molecule has 177 valence electrons. The first-order chi connectivity index (χ1) is 15.9. The Labute approximate surface area is 197 Å². The molecule has 1 radical (unpaired) electrons. The van der Waals surface area contributed by atoms with E-state index in [1.807, 2.05) is 27.7 Å². The van der Waals surface area contributed by atoms with E-state index in [0.717, 1.165) is 21.9 Å². The molecule has 1 N–H and O–H groups in total. The first-order valence-electron chi connectivity index (χ1n) is 10.6. The Morgan fingerprint density at radius 3 is 2.38 bits per heavy atom. The lowest BCUT2D eigenvalue weighted by Crippen LogP contribution is -2.31. The van der Waals surface area contributed by atoms with Gasteiger partial charge >= 0.3 is 0 Å². The maximum Gasteiger partial charge on any atom is 0.269 e. The fourth-order valence-electron chi connectivity index (χ4n) is 3.37. The van der Waals surface area contributed by atoms with E-state index in [2.05, 4.69) is 22.2 Å². The molecule has 1 atom stereocenters. The van der Waals surface area contributed by atoms with Gasteiger partial charge in [-0.15, -0.1) is 0 Å². The van der Waals surface area contributed by atoms with Gasteiger partial charge in [0.15, 0.2) is 11.5 Å². The molecule has 1 aromatic carbocycles. The maximum atomic E-state index is 14.5. The summed E-state index contributed by atoms with van der Waals surface area (Å²) in [6.07, 6.45) is 3.33. The van der Waals surface area contributed by atoms with E-state index in [4.69, 9.17) is 0 Å². The Morgan fingerprint density at radius 1 is 1.06 bits per heavy atom. The van der Waals surface area contributed by atoms with E-state index in [1.165, 1.54) is 30.5 Å². The Balaban J connectivity index is 1.89. The molecule has 0 spiro atoms. The zero-order valence-electron chi connectivity index (χ0n) is 19.3.